The Morgan fingerprint density at radius 1 is 1.39 bits per heavy atom. The first kappa shape index (κ1) is 15.6. The minimum atomic E-state index is -3.58. The summed E-state index contributed by atoms with van der Waals surface area (Å²) >= 11 is 3.24. The molecule has 1 unspecified atom stereocenters. The molecule has 0 aromatic heterocycles. The molecule has 1 aromatic rings. The summed E-state index contributed by atoms with van der Waals surface area (Å²) in [6, 6.07) is 6.03. The number of nitrogens with one attached hydrogen (secondary N) is 1. The molecule has 0 aliphatic heterocycles. The molecule has 6 heteroatoms. The van der Waals surface area contributed by atoms with Gasteiger partial charge in [-0.1, -0.05) is 35.8 Å². The van der Waals surface area contributed by atoms with Crippen molar-refractivity contribution in [1.82, 2.24) is 4.72 Å². The Morgan fingerprint density at radius 2 is 2.06 bits per heavy atom. The molecule has 0 bridgehead atoms. The van der Waals surface area contributed by atoms with Crippen LogP contribution in [0.5, 0.6) is 0 Å². The van der Waals surface area contributed by atoms with Gasteiger partial charge in [0.25, 0.3) is 0 Å². The highest BCUT2D eigenvalue weighted by Crippen LogP contribution is 2.17. The summed E-state index contributed by atoms with van der Waals surface area (Å²) in [6.07, 6.45) is 0.601. The van der Waals surface area contributed by atoms with Crippen molar-refractivity contribution in [2.75, 3.05) is 6.61 Å². The second-order valence-corrected chi connectivity index (χ2v) is 7.22. The maximum absolute atomic E-state index is 12.1. The Bertz CT molecular complexity index is 488. The van der Waals surface area contributed by atoms with Gasteiger partial charge in [-0.2, -0.15) is 0 Å². The van der Waals surface area contributed by atoms with E-state index >= 15 is 0 Å². The number of benzene rings is 1. The zero-order valence-electron chi connectivity index (χ0n) is 10.4. The Kier molecular flexibility index (Phi) is 5.78. The normalized spacial score (nSPS) is 13.8. The first-order valence-corrected chi connectivity index (χ1v) is 8.01. The van der Waals surface area contributed by atoms with Crippen LogP contribution in [0.15, 0.2) is 33.6 Å². The summed E-state index contributed by atoms with van der Waals surface area (Å²) in [7, 11) is -3.58. The quantitative estimate of drug-likeness (QED) is 0.836. The first-order valence-electron chi connectivity index (χ1n) is 5.74. The molecule has 0 saturated carbocycles. The average Bonchev–Trinajstić information content (AvgIpc) is 2.27. The van der Waals surface area contributed by atoms with Crippen molar-refractivity contribution in [3.8, 4) is 0 Å². The molecular formula is C12H18BrNO3S. The van der Waals surface area contributed by atoms with Crippen molar-refractivity contribution >= 4 is 26.0 Å². The molecule has 1 aromatic carbocycles. The number of aliphatic hydroxyl groups excluding tert-OH is 1. The third kappa shape index (κ3) is 4.68. The molecule has 1 atom stereocenters. The number of aliphatic hydroxyl groups is 1. The molecular weight excluding hydrogens is 318 g/mol. The lowest BCUT2D eigenvalue weighted by Crippen LogP contribution is -2.38. The Hall–Kier alpha value is -0.430. The molecule has 2 N–H and O–H groups in total. The van der Waals surface area contributed by atoms with Gasteiger partial charge in [0.15, 0.2) is 0 Å². The summed E-state index contributed by atoms with van der Waals surface area (Å²) in [5.74, 6) is 0.312. The zero-order valence-corrected chi connectivity index (χ0v) is 12.8. The molecule has 1 rings (SSSR count). The summed E-state index contributed by atoms with van der Waals surface area (Å²) in [5.41, 5.74) is 0. The second kappa shape index (κ2) is 6.65. The molecule has 102 valence electrons. The molecule has 0 spiro atoms. The van der Waals surface area contributed by atoms with Crippen LogP contribution in [0, 0.1) is 5.92 Å². The minimum Gasteiger partial charge on any atom is -0.395 e. The van der Waals surface area contributed by atoms with Crippen molar-refractivity contribution in [3.63, 3.8) is 0 Å². The average molecular weight is 336 g/mol. The van der Waals surface area contributed by atoms with E-state index in [4.69, 9.17) is 0 Å². The van der Waals surface area contributed by atoms with E-state index in [-0.39, 0.29) is 11.5 Å². The smallest absolute Gasteiger partial charge is 0.240 e. The fourth-order valence-electron chi connectivity index (χ4n) is 1.65. The highest BCUT2D eigenvalue weighted by Gasteiger charge is 2.20. The van der Waals surface area contributed by atoms with E-state index in [0.717, 1.165) is 0 Å². The fraction of sp³-hybridized carbons (Fsp3) is 0.500. The van der Waals surface area contributed by atoms with Crippen LogP contribution in [0.4, 0.5) is 0 Å². The van der Waals surface area contributed by atoms with Gasteiger partial charge in [0, 0.05) is 10.5 Å². The maximum atomic E-state index is 12.1. The Balaban J connectivity index is 2.87. The first-order chi connectivity index (χ1) is 8.35. The minimum absolute atomic E-state index is 0.194. The number of hydrogen-bond donors (Lipinski definition) is 2. The van der Waals surface area contributed by atoms with Gasteiger partial charge < -0.3 is 5.11 Å². The van der Waals surface area contributed by atoms with E-state index in [1.54, 1.807) is 12.1 Å². The molecule has 0 aliphatic carbocycles. The number of halogens is 1. The monoisotopic (exact) mass is 335 g/mol. The summed E-state index contributed by atoms with van der Waals surface area (Å²) in [6.45, 7) is 3.76. The van der Waals surface area contributed by atoms with Gasteiger partial charge in [-0.05, 0) is 30.5 Å². The van der Waals surface area contributed by atoms with E-state index in [0.29, 0.717) is 16.8 Å². The van der Waals surface area contributed by atoms with Gasteiger partial charge in [-0.25, -0.2) is 13.1 Å². The van der Waals surface area contributed by atoms with Crippen LogP contribution in [-0.2, 0) is 10.0 Å². The van der Waals surface area contributed by atoms with E-state index in [1.807, 2.05) is 13.8 Å². The summed E-state index contributed by atoms with van der Waals surface area (Å²) < 4.78 is 27.4. The van der Waals surface area contributed by atoms with Crippen molar-refractivity contribution < 1.29 is 13.5 Å². The molecule has 0 radical (unpaired) electrons. The highest BCUT2D eigenvalue weighted by molar-refractivity contribution is 9.10. The molecule has 0 amide bonds. The lowest BCUT2D eigenvalue weighted by Gasteiger charge is -2.18. The predicted octanol–water partition coefficient (Wildman–Crippen LogP) is 2.13. The Morgan fingerprint density at radius 3 is 2.56 bits per heavy atom. The summed E-state index contributed by atoms with van der Waals surface area (Å²) in [5, 5.41) is 9.20. The third-order valence-electron chi connectivity index (χ3n) is 2.40. The van der Waals surface area contributed by atoms with Gasteiger partial charge in [-0.3, -0.25) is 0 Å². The van der Waals surface area contributed by atoms with Crippen molar-refractivity contribution in [2.45, 2.75) is 31.2 Å². The SMILES string of the molecule is CC(C)CC(CO)NS(=O)(=O)c1cccc(Br)c1. The molecule has 0 fully saturated rings. The lowest BCUT2D eigenvalue weighted by molar-refractivity contribution is 0.240. The fourth-order valence-corrected chi connectivity index (χ4v) is 3.49. The van der Waals surface area contributed by atoms with Crippen LogP contribution in [-0.4, -0.2) is 26.2 Å². The van der Waals surface area contributed by atoms with Gasteiger partial charge >= 0.3 is 0 Å². The lowest BCUT2D eigenvalue weighted by atomic mass is 10.1. The van der Waals surface area contributed by atoms with Gasteiger partial charge in [0.05, 0.1) is 11.5 Å². The number of hydrogen-bond acceptors (Lipinski definition) is 3. The van der Waals surface area contributed by atoms with E-state index in [9.17, 15) is 13.5 Å². The standard InChI is InChI=1S/C12H18BrNO3S/c1-9(2)6-11(8-15)14-18(16,17)12-5-3-4-10(13)7-12/h3-5,7,9,11,14-15H,6,8H2,1-2H3. The second-order valence-electron chi connectivity index (χ2n) is 4.59. The van der Waals surface area contributed by atoms with Crippen molar-refractivity contribution in [3.05, 3.63) is 28.7 Å². The topological polar surface area (TPSA) is 66.4 Å². The van der Waals surface area contributed by atoms with E-state index in [2.05, 4.69) is 20.7 Å². The van der Waals surface area contributed by atoms with E-state index < -0.39 is 16.1 Å². The van der Waals surface area contributed by atoms with Gasteiger partial charge in [0.2, 0.25) is 10.0 Å². The van der Waals surface area contributed by atoms with Crippen LogP contribution in [0.2, 0.25) is 0 Å². The molecule has 4 nitrogen and oxygen atoms in total. The number of sulfonamides is 1. The third-order valence-corrected chi connectivity index (χ3v) is 4.42. The highest BCUT2D eigenvalue weighted by atomic mass is 79.9. The van der Waals surface area contributed by atoms with Gasteiger partial charge in [-0.15, -0.1) is 0 Å². The van der Waals surface area contributed by atoms with Crippen LogP contribution in [0.1, 0.15) is 20.3 Å². The largest absolute Gasteiger partial charge is 0.395 e. The van der Waals surface area contributed by atoms with Crippen molar-refractivity contribution in [2.24, 2.45) is 5.92 Å². The zero-order chi connectivity index (χ0) is 13.8. The predicted molar refractivity (Wildman–Crippen MR) is 74.8 cm³/mol. The number of rotatable bonds is 6. The molecule has 0 heterocycles. The van der Waals surface area contributed by atoms with Crippen LogP contribution >= 0.6 is 15.9 Å². The summed E-state index contributed by atoms with van der Waals surface area (Å²) in [4.78, 5) is 0.194. The van der Waals surface area contributed by atoms with Crippen LogP contribution < -0.4 is 4.72 Å². The maximum Gasteiger partial charge on any atom is 0.240 e. The van der Waals surface area contributed by atoms with Gasteiger partial charge in [0.1, 0.15) is 0 Å². The van der Waals surface area contributed by atoms with Crippen molar-refractivity contribution in [1.29, 1.82) is 0 Å². The molecule has 0 saturated heterocycles. The Labute approximate surface area is 117 Å². The van der Waals surface area contributed by atoms with Crippen LogP contribution in [0.25, 0.3) is 0 Å². The van der Waals surface area contributed by atoms with E-state index in [1.165, 1.54) is 12.1 Å². The van der Waals surface area contributed by atoms with Crippen LogP contribution in [0.3, 0.4) is 0 Å². The molecule has 0 aliphatic rings. The molecule has 18 heavy (non-hydrogen) atoms.